The van der Waals surface area contributed by atoms with Crippen molar-refractivity contribution in [1.82, 2.24) is 4.90 Å². The maximum atomic E-state index is 12.5. The fraction of sp³-hybridized carbons (Fsp3) is 0.867. The van der Waals surface area contributed by atoms with Gasteiger partial charge in [-0.3, -0.25) is 9.59 Å². The van der Waals surface area contributed by atoms with Gasteiger partial charge in [-0.1, -0.05) is 105 Å². The first-order valence-corrected chi connectivity index (χ1v) is 21.5. The second-order valence-corrected chi connectivity index (χ2v) is 16.5. The minimum Gasteiger partial charge on any atom is -0.466 e. The number of hydrogen-bond acceptors (Lipinski definition) is 6. The van der Waals surface area contributed by atoms with E-state index >= 15 is 0 Å². The number of nitrogens with zero attached hydrogens (tertiary/aromatic N) is 1. The van der Waals surface area contributed by atoms with Gasteiger partial charge in [0.05, 0.1) is 13.2 Å². The quantitative estimate of drug-likeness (QED) is 0.0493. The highest BCUT2D eigenvalue weighted by atomic mass is 16.5. The molecule has 0 spiro atoms. The molecule has 2 saturated carbocycles. The van der Waals surface area contributed by atoms with Crippen LogP contribution in [-0.2, 0) is 19.1 Å². The highest BCUT2D eigenvalue weighted by Crippen LogP contribution is 2.63. The number of ether oxygens (including phenoxy) is 2. The number of fused-ring (bicyclic) bond motifs is 2. The molecular formula is C45H83NO5. The standard InChI is InChI=1S/C43H77NO5.C2H6/c1-6-9-10-11-12-13-14-15-16-17-18-19-20-21-22-24-39(46)48-31-27-41(4)33-38-34-42(5,37-43(35-38,36-41)26-30-45)28-32-49-40(47)25-23-29-44(7-2)8-3;1-2/h12-13,15-16,38,45H,6-11,14,17-37H2,1-5H3;1-2H3/b13-12-,16-15-;. The van der Waals surface area contributed by atoms with E-state index in [2.05, 4.69) is 63.8 Å². The van der Waals surface area contributed by atoms with Gasteiger partial charge in [0.25, 0.3) is 0 Å². The third-order valence-electron chi connectivity index (χ3n) is 11.5. The largest absolute Gasteiger partial charge is 0.466 e. The van der Waals surface area contributed by atoms with Gasteiger partial charge in [-0.2, -0.15) is 0 Å². The van der Waals surface area contributed by atoms with Crippen molar-refractivity contribution in [3.05, 3.63) is 24.3 Å². The van der Waals surface area contributed by atoms with Gasteiger partial charge >= 0.3 is 11.9 Å². The summed E-state index contributed by atoms with van der Waals surface area (Å²) in [6.07, 6.45) is 32.3. The summed E-state index contributed by atoms with van der Waals surface area (Å²) in [7, 11) is 0. The van der Waals surface area contributed by atoms with Crippen LogP contribution in [0.4, 0.5) is 0 Å². The van der Waals surface area contributed by atoms with Crippen molar-refractivity contribution in [1.29, 1.82) is 0 Å². The van der Waals surface area contributed by atoms with E-state index in [0.29, 0.717) is 32.0 Å². The first kappa shape index (κ1) is 47.4. The van der Waals surface area contributed by atoms with Crippen molar-refractivity contribution in [3.63, 3.8) is 0 Å². The average Bonchev–Trinajstić information content (AvgIpc) is 3.08. The van der Waals surface area contributed by atoms with Gasteiger partial charge < -0.3 is 19.5 Å². The highest BCUT2D eigenvalue weighted by molar-refractivity contribution is 5.69. The Kier molecular flexibility index (Phi) is 25.9. The SMILES string of the molecule is CC.CCCCC/C=C\C/C=C\CCCCCCCC(=O)OCCC1(C)CC2CC(C)(CCOC(=O)CCCN(CC)CC)CC(CCO)(C2)C1. The monoisotopic (exact) mass is 718 g/mol. The van der Waals surface area contributed by atoms with Crippen LogP contribution in [-0.4, -0.2) is 61.4 Å². The molecule has 6 nitrogen and oxygen atoms in total. The van der Waals surface area contributed by atoms with Gasteiger partial charge in [0.2, 0.25) is 0 Å². The van der Waals surface area contributed by atoms with Crippen molar-refractivity contribution in [2.45, 2.75) is 190 Å². The third-order valence-corrected chi connectivity index (χ3v) is 11.5. The second-order valence-electron chi connectivity index (χ2n) is 16.5. The van der Waals surface area contributed by atoms with Gasteiger partial charge in [0, 0.05) is 19.4 Å². The molecule has 4 atom stereocenters. The van der Waals surface area contributed by atoms with E-state index in [-0.39, 0.29) is 34.8 Å². The smallest absolute Gasteiger partial charge is 0.305 e. The van der Waals surface area contributed by atoms with Crippen LogP contribution in [0, 0.1) is 22.2 Å². The Labute approximate surface area is 316 Å². The molecule has 6 heteroatoms. The molecule has 2 fully saturated rings. The lowest BCUT2D eigenvalue weighted by Crippen LogP contribution is -2.48. The number of esters is 2. The first-order chi connectivity index (χ1) is 24.6. The average molecular weight is 718 g/mol. The molecule has 0 radical (unpaired) electrons. The summed E-state index contributed by atoms with van der Waals surface area (Å²) in [6, 6.07) is 0. The molecule has 0 heterocycles. The van der Waals surface area contributed by atoms with Crippen LogP contribution in [0.2, 0.25) is 0 Å². The molecule has 2 bridgehead atoms. The van der Waals surface area contributed by atoms with Crippen molar-refractivity contribution in [2.24, 2.45) is 22.2 Å². The summed E-state index contributed by atoms with van der Waals surface area (Å²) in [5.74, 6) is 0.470. The van der Waals surface area contributed by atoms with Crippen LogP contribution in [0.5, 0.6) is 0 Å². The molecule has 0 aromatic carbocycles. The van der Waals surface area contributed by atoms with Crippen LogP contribution in [0.15, 0.2) is 24.3 Å². The number of hydrogen-bond donors (Lipinski definition) is 1. The van der Waals surface area contributed by atoms with Gasteiger partial charge in [0.1, 0.15) is 0 Å². The van der Waals surface area contributed by atoms with E-state index in [1.807, 2.05) is 13.8 Å². The number of carbonyl (C=O) groups is 2. The molecule has 1 N–H and O–H groups in total. The number of aliphatic hydroxyl groups is 1. The first-order valence-electron chi connectivity index (χ1n) is 21.5. The fourth-order valence-electron chi connectivity index (χ4n) is 9.32. The number of allylic oxidation sites excluding steroid dienone is 4. The van der Waals surface area contributed by atoms with E-state index in [9.17, 15) is 14.7 Å². The second kappa shape index (κ2) is 27.9. The maximum absolute atomic E-state index is 12.5. The van der Waals surface area contributed by atoms with E-state index in [1.165, 1.54) is 51.4 Å². The Balaban J connectivity index is 0.00000638. The lowest BCUT2D eigenvalue weighted by atomic mass is 9.47. The van der Waals surface area contributed by atoms with E-state index in [1.54, 1.807) is 0 Å². The zero-order chi connectivity index (χ0) is 37.9. The lowest BCUT2D eigenvalue weighted by Gasteiger charge is -2.58. The molecule has 0 aromatic heterocycles. The third kappa shape index (κ3) is 21.0. The fourth-order valence-corrected chi connectivity index (χ4v) is 9.32. The van der Waals surface area contributed by atoms with Crippen molar-refractivity contribution in [2.75, 3.05) is 39.5 Å². The lowest BCUT2D eigenvalue weighted by molar-refractivity contribution is -0.146. The molecular weight excluding hydrogens is 634 g/mol. The summed E-state index contributed by atoms with van der Waals surface area (Å²) in [5.41, 5.74) is 0.350. The van der Waals surface area contributed by atoms with Crippen LogP contribution in [0.1, 0.15) is 190 Å². The minimum absolute atomic E-state index is 0.0504. The summed E-state index contributed by atoms with van der Waals surface area (Å²) >= 11 is 0. The minimum atomic E-state index is -0.0746. The zero-order valence-electron chi connectivity index (χ0n) is 34.7. The topological polar surface area (TPSA) is 76.1 Å². The van der Waals surface area contributed by atoms with Crippen LogP contribution in [0.25, 0.3) is 0 Å². The predicted molar refractivity (Wildman–Crippen MR) is 216 cm³/mol. The highest BCUT2D eigenvalue weighted by Gasteiger charge is 2.53. The summed E-state index contributed by atoms with van der Waals surface area (Å²) in [4.78, 5) is 27.3. The molecule has 0 saturated heterocycles. The normalized spacial score (nSPS) is 24.5. The number of aliphatic hydroxyl groups excluding tert-OH is 1. The van der Waals surface area contributed by atoms with E-state index < -0.39 is 0 Å². The number of unbranched alkanes of at least 4 members (excludes halogenated alkanes) is 8. The summed E-state index contributed by atoms with van der Waals surface area (Å²) in [6.45, 7) is 19.5. The molecule has 51 heavy (non-hydrogen) atoms. The maximum Gasteiger partial charge on any atom is 0.305 e. The molecule has 0 amide bonds. The molecule has 2 rings (SSSR count). The van der Waals surface area contributed by atoms with E-state index in [0.717, 1.165) is 96.7 Å². The molecule has 0 aliphatic heterocycles. The van der Waals surface area contributed by atoms with Crippen molar-refractivity contribution in [3.8, 4) is 0 Å². The molecule has 0 aromatic rings. The Bertz CT molecular complexity index is 960. The zero-order valence-corrected chi connectivity index (χ0v) is 34.7. The molecule has 2 aliphatic rings. The Hall–Kier alpha value is -1.66. The Morgan fingerprint density at radius 1 is 0.686 bits per heavy atom. The predicted octanol–water partition coefficient (Wildman–Crippen LogP) is 11.8. The number of rotatable bonds is 28. The number of carbonyl (C=O) groups excluding carboxylic acids is 2. The van der Waals surface area contributed by atoms with Crippen LogP contribution < -0.4 is 0 Å². The van der Waals surface area contributed by atoms with Gasteiger partial charge in [0.15, 0.2) is 0 Å². The Morgan fingerprint density at radius 2 is 1.20 bits per heavy atom. The van der Waals surface area contributed by atoms with Crippen molar-refractivity contribution >= 4 is 11.9 Å². The summed E-state index contributed by atoms with van der Waals surface area (Å²) in [5, 5.41) is 10.1. The molecule has 2 aliphatic carbocycles. The van der Waals surface area contributed by atoms with Crippen molar-refractivity contribution < 1.29 is 24.2 Å². The molecule has 298 valence electrons. The van der Waals surface area contributed by atoms with Crippen LogP contribution in [0.3, 0.4) is 0 Å². The summed E-state index contributed by atoms with van der Waals surface area (Å²) < 4.78 is 11.5. The van der Waals surface area contributed by atoms with Gasteiger partial charge in [-0.15, -0.1) is 0 Å². The molecule has 4 unspecified atom stereocenters. The van der Waals surface area contributed by atoms with Crippen LogP contribution >= 0.6 is 0 Å². The Morgan fingerprint density at radius 3 is 1.73 bits per heavy atom. The van der Waals surface area contributed by atoms with E-state index in [4.69, 9.17) is 9.47 Å². The van der Waals surface area contributed by atoms with Gasteiger partial charge in [-0.05, 0) is 138 Å². The van der Waals surface area contributed by atoms with Gasteiger partial charge in [-0.25, -0.2) is 0 Å².